The van der Waals surface area contributed by atoms with Crippen LogP contribution in [0.3, 0.4) is 0 Å². The first kappa shape index (κ1) is 20.9. The second-order valence-electron chi connectivity index (χ2n) is 6.45. The Labute approximate surface area is 134 Å². The normalized spacial score (nSPS) is 11.1. The van der Waals surface area contributed by atoms with E-state index in [9.17, 15) is 0 Å². The molecule has 0 saturated heterocycles. The maximum Gasteiger partial charge on any atom is -0.00489 e. The zero-order valence-electron chi connectivity index (χ0n) is 15.0. The Hall–Kier alpha value is -0.0800. The number of nitrogens with one attached hydrogen (secondary N) is 2. The van der Waals surface area contributed by atoms with Crippen LogP contribution in [0.15, 0.2) is 0 Å². The Bertz CT molecular complexity index is 153. The summed E-state index contributed by atoms with van der Waals surface area (Å²) in [6, 6.07) is 0. The molecule has 0 aromatic heterocycles. The molecule has 2 nitrogen and oxygen atoms in total. The Kier molecular flexibility index (Phi) is 19.8. The van der Waals surface area contributed by atoms with Crippen molar-refractivity contribution in [2.75, 3.05) is 26.7 Å². The molecule has 0 aliphatic heterocycles. The number of hydrogen-bond acceptors (Lipinski definition) is 2. The van der Waals surface area contributed by atoms with Crippen LogP contribution in [0.1, 0.15) is 96.8 Å². The van der Waals surface area contributed by atoms with E-state index in [1.165, 1.54) is 110 Å². The summed E-state index contributed by atoms with van der Waals surface area (Å²) in [5.41, 5.74) is 0. The van der Waals surface area contributed by atoms with Crippen molar-refractivity contribution in [1.82, 2.24) is 10.6 Å². The van der Waals surface area contributed by atoms with Gasteiger partial charge in [0.05, 0.1) is 0 Å². The summed E-state index contributed by atoms with van der Waals surface area (Å²) in [5.74, 6) is 0. The Morgan fingerprint density at radius 3 is 1.29 bits per heavy atom. The first-order valence-corrected chi connectivity index (χ1v) is 9.77. The van der Waals surface area contributed by atoms with Crippen molar-refractivity contribution in [2.24, 2.45) is 0 Å². The molecule has 0 spiro atoms. The molecule has 0 aromatic rings. The van der Waals surface area contributed by atoms with Crippen LogP contribution in [0.2, 0.25) is 0 Å². The first-order chi connectivity index (χ1) is 10.4. The zero-order chi connectivity index (χ0) is 15.4. The monoisotopic (exact) mass is 298 g/mol. The highest BCUT2D eigenvalue weighted by Crippen LogP contribution is 2.11. The molecule has 2 N–H and O–H groups in total. The SMILES string of the molecule is CCCCCNCCCCCCCCCCCCCNC. The smallest absolute Gasteiger partial charge is 0.00489 e. The van der Waals surface area contributed by atoms with E-state index in [-0.39, 0.29) is 0 Å². The predicted molar refractivity (Wildman–Crippen MR) is 97.1 cm³/mol. The Morgan fingerprint density at radius 1 is 0.476 bits per heavy atom. The van der Waals surface area contributed by atoms with Gasteiger partial charge < -0.3 is 10.6 Å². The van der Waals surface area contributed by atoms with Gasteiger partial charge in [-0.3, -0.25) is 0 Å². The van der Waals surface area contributed by atoms with Crippen molar-refractivity contribution in [3.8, 4) is 0 Å². The summed E-state index contributed by atoms with van der Waals surface area (Å²) in [5, 5.41) is 6.77. The lowest BCUT2D eigenvalue weighted by atomic mass is 10.1. The standard InChI is InChI=1S/C19H42N2/c1-3-4-14-18-21-19-16-13-11-9-7-5-6-8-10-12-15-17-20-2/h20-21H,3-19H2,1-2H3. The molecule has 0 aliphatic carbocycles. The van der Waals surface area contributed by atoms with E-state index < -0.39 is 0 Å². The minimum atomic E-state index is 1.19. The van der Waals surface area contributed by atoms with Gasteiger partial charge in [0, 0.05) is 0 Å². The van der Waals surface area contributed by atoms with E-state index in [0.717, 1.165) is 0 Å². The quantitative estimate of drug-likeness (QED) is 0.337. The van der Waals surface area contributed by atoms with E-state index in [1.54, 1.807) is 0 Å². The molecule has 0 bridgehead atoms. The van der Waals surface area contributed by atoms with Crippen molar-refractivity contribution in [3.63, 3.8) is 0 Å². The number of hydrogen-bond donors (Lipinski definition) is 2. The molecule has 0 saturated carbocycles. The lowest BCUT2D eigenvalue weighted by molar-refractivity contribution is 0.530. The maximum absolute atomic E-state index is 3.56. The van der Waals surface area contributed by atoms with Crippen LogP contribution in [0.5, 0.6) is 0 Å². The average molecular weight is 299 g/mol. The minimum absolute atomic E-state index is 1.19. The Morgan fingerprint density at radius 2 is 0.857 bits per heavy atom. The number of unbranched alkanes of at least 4 members (excludes halogenated alkanes) is 12. The fraction of sp³-hybridized carbons (Fsp3) is 1.00. The van der Waals surface area contributed by atoms with Crippen molar-refractivity contribution in [1.29, 1.82) is 0 Å². The molecule has 0 atom stereocenters. The molecule has 0 radical (unpaired) electrons. The predicted octanol–water partition coefficient (Wildman–Crippen LogP) is 5.28. The summed E-state index contributed by atoms with van der Waals surface area (Å²) >= 11 is 0. The molecule has 0 amide bonds. The molecular weight excluding hydrogens is 256 g/mol. The van der Waals surface area contributed by atoms with Gasteiger partial charge in [-0.05, 0) is 45.9 Å². The summed E-state index contributed by atoms with van der Waals surface area (Å²) < 4.78 is 0. The molecule has 21 heavy (non-hydrogen) atoms. The Balaban J connectivity index is 2.90. The van der Waals surface area contributed by atoms with Gasteiger partial charge in [0.2, 0.25) is 0 Å². The van der Waals surface area contributed by atoms with Crippen LogP contribution >= 0.6 is 0 Å². The molecule has 128 valence electrons. The third kappa shape index (κ3) is 19.9. The van der Waals surface area contributed by atoms with Crippen LogP contribution in [0.4, 0.5) is 0 Å². The number of rotatable bonds is 18. The van der Waals surface area contributed by atoms with Gasteiger partial charge in [0.25, 0.3) is 0 Å². The van der Waals surface area contributed by atoms with Gasteiger partial charge in [-0.2, -0.15) is 0 Å². The van der Waals surface area contributed by atoms with Crippen LogP contribution < -0.4 is 10.6 Å². The van der Waals surface area contributed by atoms with Gasteiger partial charge in [-0.15, -0.1) is 0 Å². The second kappa shape index (κ2) is 19.9. The third-order valence-electron chi connectivity index (χ3n) is 4.24. The van der Waals surface area contributed by atoms with Gasteiger partial charge in [0.15, 0.2) is 0 Å². The molecule has 0 aliphatic rings. The highest BCUT2D eigenvalue weighted by Gasteiger charge is 1.94. The molecule has 2 heteroatoms. The van der Waals surface area contributed by atoms with Gasteiger partial charge >= 0.3 is 0 Å². The summed E-state index contributed by atoms with van der Waals surface area (Å²) in [7, 11) is 2.04. The molecule has 0 heterocycles. The summed E-state index contributed by atoms with van der Waals surface area (Å²) in [6.45, 7) is 5.91. The molecule has 0 rings (SSSR count). The van der Waals surface area contributed by atoms with E-state index in [0.29, 0.717) is 0 Å². The van der Waals surface area contributed by atoms with Crippen LogP contribution in [0, 0.1) is 0 Å². The highest BCUT2D eigenvalue weighted by molar-refractivity contribution is 4.52. The summed E-state index contributed by atoms with van der Waals surface area (Å²) in [4.78, 5) is 0. The van der Waals surface area contributed by atoms with Crippen LogP contribution in [-0.4, -0.2) is 26.7 Å². The molecular formula is C19H42N2. The van der Waals surface area contributed by atoms with E-state index >= 15 is 0 Å². The third-order valence-corrected chi connectivity index (χ3v) is 4.24. The lowest BCUT2D eigenvalue weighted by Gasteiger charge is -2.05. The van der Waals surface area contributed by atoms with E-state index in [1.807, 2.05) is 7.05 Å². The molecule has 0 fully saturated rings. The van der Waals surface area contributed by atoms with Crippen LogP contribution in [-0.2, 0) is 0 Å². The first-order valence-electron chi connectivity index (χ1n) is 9.77. The fourth-order valence-corrected chi connectivity index (χ4v) is 2.77. The van der Waals surface area contributed by atoms with Crippen LogP contribution in [0.25, 0.3) is 0 Å². The maximum atomic E-state index is 3.56. The minimum Gasteiger partial charge on any atom is -0.320 e. The van der Waals surface area contributed by atoms with E-state index in [2.05, 4.69) is 17.6 Å². The average Bonchev–Trinajstić information content (AvgIpc) is 2.50. The topological polar surface area (TPSA) is 24.1 Å². The largest absolute Gasteiger partial charge is 0.320 e. The van der Waals surface area contributed by atoms with E-state index in [4.69, 9.17) is 0 Å². The van der Waals surface area contributed by atoms with Gasteiger partial charge in [-0.1, -0.05) is 77.6 Å². The highest BCUT2D eigenvalue weighted by atomic mass is 14.8. The van der Waals surface area contributed by atoms with Gasteiger partial charge in [-0.25, -0.2) is 0 Å². The van der Waals surface area contributed by atoms with Crippen molar-refractivity contribution in [2.45, 2.75) is 96.8 Å². The zero-order valence-corrected chi connectivity index (χ0v) is 15.0. The molecule has 0 aromatic carbocycles. The second-order valence-corrected chi connectivity index (χ2v) is 6.45. The van der Waals surface area contributed by atoms with Gasteiger partial charge in [0.1, 0.15) is 0 Å². The molecule has 0 unspecified atom stereocenters. The van der Waals surface area contributed by atoms with Crippen molar-refractivity contribution in [3.05, 3.63) is 0 Å². The van der Waals surface area contributed by atoms with Crippen molar-refractivity contribution >= 4 is 0 Å². The lowest BCUT2D eigenvalue weighted by Crippen LogP contribution is -2.16. The fourth-order valence-electron chi connectivity index (χ4n) is 2.77. The van der Waals surface area contributed by atoms with Crippen molar-refractivity contribution < 1.29 is 0 Å². The summed E-state index contributed by atoms with van der Waals surface area (Å²) in [6.07, 6.45) is 19.8.